The van der Waals surface area contributed by atoms with Crippen molar-refractivity contribution in [1.82, 2.24) is 20.4 Å². The van der Waals surface area contributed by atoms with Crippen molar-refractivity contribution < 1.29 is 4.52 Å². The van der Waals surface area contributed by atoms with Crippen molar-refractivity contribution in [3.05, 3.63) is 35.2 Å². The van der Waals surface area contributed by atoms with Gasteiger partial charge in [-0.05, 0) is 43.0 Å². The zero-order valence-electron chi connectivity index (χ0n) is 14.0. The summed E-state index contributed by atoms with van der Waals surface area (Å²) in [6.07, 6.45) is 2.39. The molecule has 128 valence electrons. The number of hydrogen-bond acceptors (Lipinski definition) is 4. The van der Waals surface area contributed by atoms with Gasteiger partial charge in [0.05, 0.1) is 6.54 Å². The van der Waals surface area contributed by atoms with E-state index < -0.39 is 0 Å². The summed E-state index contributed by atoms with van der Waals surface area (Å²) in [6.45, 7) is 4.81. The Bertz CT molecular complexity index is 689. The normalized spacial score (nSPS) is 16.5. The van der Waals surface area contributed by atoms with Crippen molar-refractivity contribution in [2.24, 2.45) is 10.9 Å². The lowest BCUT2D eigenvalue weighted by atomic mass is 10.00. The summed E-state index contributed by atoms with van der Waals surface area (Å²) in [5.41, 5.74) is 0.879. The molecule has 0 aliphatic carbocycles. The van der Waals surface area contributed by atoms with Gasteiger partial charge in [-0.2, -0.15) is 4.98 Å². The van der Waals surface area contributed by atoms with E-state index in [-0.39, 0.29) is 0 Å². The van der Waals surface area contributed by atoms with Gasteiger partial charge in [-0.3, -0.25) is 4.99 Å². The van der Waals surface area contributed by atoms with Gasteiger partial charge in [-0.15, -0.1) is 0 Å². The zero-order chi connectivity index (χ0) is 16.9. The Morgan fingerprint density at radius 2 is 2.04 bits per heavy atom. The highest BCUT2D eigenvalue weighted by Crippen LogP contribution is 2.19. The standard InChI is InChI=1S/C17H22ClN5O/c1-12-7-9-23(10-8-12)17(19-2)20-11-15-21-16(22-24-15)13-3-5-14(18)6-4-13/h3-6,12H,7-11H2,1-2H3,(H,19,20). The summed E-state index contributed by atoms with van der Waals surface area (Å²) < 4.78 is 5.32. The summed E-state index contributed by atoms with van der Waals surface area (Å²) in [5.74, 6) is 2.77. The van der Waals surface area contributed by atoms with Crippen LogP contribution in [-0.4, -0.2) is 41.1 Å². The second-order valence-corrected chi connectivity index (χ2v) is 6.53. The lowest BCUT2D eigenvalue weighted by molar-refractivity contribution is 0.271. The first-order valence-electron chi connectivity index (χ1n) is 8.20. The highest BCUT2D eigenvalue weighted by molar-refractivity contribution is 6.30. The van der Waals surface area contributed by atoms with Gasteiger partial charge in [0.2, 0.25) is 11.7 Å². The van der Waals surface area contributed by atoms with Gasteiger partial charge in [0.15, 0.2) is 5.96 Å². The first-order chi connectivity index (χ1) is 11.7. The maximum absolute atomic E-state index is 5.90. The number of hydrogen-bond donors (Lipinski definition) is 1. The van der Waals surface area contributed by atoms with Crippen LogP contribution < -0.4 is 5.32 Å². The van der Waals surface area contributed by atoms with Gasteiger partial charge in [-0.25, -0.2) is 0 Å². The Morgan fingerprint density at radius 3 is 2.71 bits per heavy atom. The summed E-state index contributed by atoms with van der Waals surface area (Å²) in [5, 5.41) is 8.01. The molecule has 0 radical (unpaired) electrons. The number of aromatic nitrogens is 2. The molecule has 0 spiro atoms. The molecular weight excluding hydrogens is 326 g/mol. The van der Waals surface area contributed by atoms with Crippen molar-refractivity contribution in [1.29, 1.82) is 0 Å². The maximum Gasteiger partial charge on any atom is 0.246 e. The van der Waals surface area contributed by atoms with Crippen molar-refractivity contribution in [3.8, 4) is 11.4 Å². The third kappa shape index (κ3) is 4.06. The van der Waals surface area contributed by atoms with E-state index >= 15 is 0 Å². The molecule has 1 aromatic carbocycles. The van der Waals surface area contributed by atoms with E-state index in [0.717, 1.165) is 30.5 Å². The molecule has 2 aromatic rings. The molecule has 24 heavy (non-hydrogen) atoms. The van der Waals surface area contributed by atoms with E-state index in [2.05, 4.69) is 32.3 Å². The number of nitrogens with zero attached hydrogens (tertiary/aromatic N) is 4. The van der Waals surface area contributed by atoms with Crippen molar-refractivity contribution in [2.45, 2.75) is 26.3 Å². The Hall–Kier alpha value is -2.08. The number of nitrogens with one attached hydrogen (secondary N) is 1. The number of halogens is 1. The molecule has 0 saturated carbocycles. The summed E-state index contributed by atoms with van der Waals surface area (Å²) >= 11 is 5.90. The average Bonchev–Trinajstić information content (AvgIpc) is 3.06. The third-order valence-corrected chi connectivity index (χ3v) is 4.52. The van der Waals surface area contributed by atoms with Crippen molar-refractivity contribution in [2.75, 3.05) is 20.1 Å². The van der Waals surface area contributed by atoms with Gasteiger partial charge in [0.25, 0.3) is 0 Å². The molecule has 0 unspecified atom stereocenters. The van der Waals surface area contributed by atoms with Crippen LogP contribution in [0.3, 0.4) is 0 Å². The van der Waals surface area contributed by atoms with Crippen LogP contribution in [-0.2, 0) is 6.54 Å². The van der Waals surface area contributed by atoms with Crippen molar-refractivity contribution >= 4 is 17.6 Å². The van der Waals surface area contributed by atoms with E-state index in [0.29, 0.717) is 23.3 Å². The summed E-state index contributed by atoms with van der Waals surface area (Å²) in [6, 6.07) is 7.37. The van der Waals surface area contributed by atoms with Crippen LogP contribution in [0.15, 0.2) is 33.8 Å². The van der Waals surface area contributed by atoms with Gasteiger partial charge in [-0.1, -0.05) is 23.7 Å². The lowest BCUT2D eigenvalue weighted by Gasteiger charge is -2.32. The Kier molecular flexibility index (Phi) is 5.35. The summed E-state index contributed by atoms with van der Waals surface area (Å²) in [7, 11) is 1.80. The second kappa shape index (κ2) is 7.66. The largest absolute Gasteiger partial charge is 0.347 e. The van der Waals surface area contributed by atoms with Crippen LogP contribution in [0.25, 0.3) is 11.4 Å². The molecule has 1 aromatic heterocycles. The SMILES string of the molecule is CN=C(NCc1nc(-c2ccc(Cl)cc2)no1)N1CCC(C)CC1. The molecule has 0 bridgehead atoms. The first-order valence-corrected chi connectivity index (χ1v) is 8.57. The molecule has 7 heteroatoms. The predicted molar refractivity (Wildman–Crippen MR) is 94.9 cm³/mol. The molecule has 2 heterocycles. The summed E-state index contributed by atoms with van der Waals surface area (Å²) in [4.78, 5) is 11.0. The first kappa shape index (κ1) is 16.8. The average molecular weight is 348 g/mol. The van der Waals surface area contributed by atoms with Crippen LogP contribution in [0.5, 0.6) is 0 Å². The fourth-order valence-corrected chi connectivity index (χ4v) is 2.88. The molecule has 1 aliphatic heterocycles. The van der Waals surface area contributed by atoms with Crippen LogP contribution >= 0.6 is 11.6 Å². The smallest absolute Gasteiger partial charge is 0.246 e. The molecule has 0 atom stereocenters. The number of piperidine rings is 1. The second-order valence-electron chi connectivity index (χ2n) is 6.09. The number of guanidine groups is 1. The Labute approximate surface area is 146 Å². The Morgan fingerprint density at radius 1 is 1.33 bits per heavy atom. The molecule has 6 nitrogen and oxygen atoms in total. The van der Waals surface area contributed by atoms with E-state index in [4.69, 9.17) is 16.1 Å². The van der Waals surface area contributed by atoms with Crippen molar-refractivity contribution in [3.63, 3.8) is 0 Å². The molecule has 1 N–H and O–H groups in total. The molecular formula is C17H22ClN5O. The molecule has 1 saturated heterocycles. The van der Waals surface area contributed by atoms with E-state index in [9.17, 15) is 0 Å². The van der Waals surface area contributed by atoms with Crippen LogP contribution in [0.2, 0.25) is 5.02 Å². The molecule has 1 fully saturated rings. The minimum Gasteiger partial charge on any atom is -0.347 e. The van der Waals surface area contributed by atoms with E-state index in [1.807, 2.05) is 24.3 Å². The topological polar surface area (TPSA) is 66.5 Å². The fraction of sp³-hybridized carbons (Fsp3) is 0.471. The molecule has 1 aliphatic rings. The molecule has 3 rings (SSSR count). The van der Waals surface area contributed by atoms with E-state index in [1.54, 1.807) is 7.05 Å². The number of rotatable bonds is 3. The minimum absolute atomic E-state index is 0.458. The number of likely N-dealkylation sites (tertiary alicyclic amines) is 1. The zero-order valence-corrected chi connectivity index (χ0v) is 14.8. The monoisotopic (exact) mass is 347 g/mol. The minimum atomic E-state index is 0.458. The number of aliphatic imine (C=N–C) groups is 1. The van der Waals surface area contributed by atoms with E-state index in [1.165, 1.54) is 12.8 Å². The number of benzene rings is 1. The molecule has 0 amide bonds. The highest BCUT2D eigenvalue weighted by Gasteiger charge is 2.19. The van der Waals surface area contributed by atoms with Crippen LogP contribution in [0, 0.1) is 5.92 Å². The van der Waals surface area contributed by atoms with Gasteiger partial charge >= 0.3 is 0 Å². The van der Waals surface area contributed by atoms with Gasteiger partial charge in [0, 0.05) is 30.7 Å². The van der Waals surface area contributed by atoms with Crippen LogP contribution in [0.1, 0.15) is 25.7 Å². The third-order valence-electron chi connectivity index (χ3n) is 4.26. The van der Waals surface area contributed by atoms with Gasteiger partial charge in [0.1, 0.15) is 0 Å². The Balaban J connectivity index is 1.59. The predicted octanol–water partition coefficient (Wildman–Crippen LogP) is 3.20. The van der Waals surface area contributed by atoms with Crippen LogP contribution in [0.4, 0.5) is 0 Å². The maximum atomic E-state index is 5.90. The van der Waals surface area contributed by atoms with Gasteiger partial charge < -0.3 is 14.7 Å². The highest BCUT2D eigenvalue weighted by atomic mass is 35.5. The lowest BCUT2D eigenvalue weighted by Crippen LogP contribution is -2.45. The quantitative estimate of drug-likeness (QED) is 0.682. The fourth-order valence-electron chi connectivity index (χ4n) is 2.75.